The number of para-hydroxylation sites is 1. The first-order valence-electron chi connectivity index (χ1n) is 10.3. The van der Waals surface area contributed by atoms with Crippen LogP contribution in [0.15, 0.2) is 35.3 Å². The number of benzene rings is 1. The maximum atomic E-state index is 5.57. The van der Waals surface area contributed by atoms with E-state index in [4.69, 9.17) is 4.74 Å². The summed E-state index contributed by atoms with van der Waals surface area (Å²) in [6.07, 6.45) is 2.04. The second-order valence-corrected chi connectivity index (χ2v) is 7.98. The molecule has 0 bridgehead atoms. The molecule has 0 atom stereocenters. The van der Waals surface area contributed by atoms with Gasteiger partial charge in [0.25, 0.3) is 0 Å². The van der Waals surface area contributed by atoms with Crippen molar-refractivity contribution in [3.8, 4) is 5.69 Å². The van der Waals surface area contributed by atoms with Gasteiger partial charge < -0.3 is 20.3 Å². The van der Waals surface area contributed by atoms with E-state index in [1.165, 1.54) is 5.56 Å². The summed E-state index contributed by atoms with van der Waals surface area (Å²) in [6.45, 7) is 7.23. The van der Waals surface area contributed by atoms with Gasteiger partial charge in [0.1, 0.15) is 0 Å². The molecule has 1 aromatic carbocycles. The number of ether oxygens (including phenoxy) is 1. The molecule has 2 N–H and O–H groups in total. The van der Waals surface area contributed by atoms with Crippen molar-refractivity contribution in [2.45, 2.75) is 38.8 Å². The molecule has 1 aliphatic heterocycles. The Morgan fingerprint density at radius 1 is 1.20 bits per heavy atom. The number of nitrogens with zero attached hydrogens (tertiary/aromatic N) is 4. The monoisotopic (exact) mass is 526 g/mol. The predicted octanol–water partition coefficient (Wildman–Crippen LogP) is 2.88. The van der Waals surface area contributed by atoms with E-state index in [1.807, 2.05) is 24.7 Å². The van der Waals surface area contributed by atoms with E-state index in [9.17, 15) is 0 Å². The number of rotatable bonds is 6. The van der Waals surface area contributed by atoms with Gasteiger partial charge >= 0.3 is 0 Å². The molecule has 1 aliphatic rings. The van der Waals surface area contributed by atoms with Gasteiger partial charge in [-0.1, -0.05) is 18.2 Å². The second-order valence-electron chi connectivity index (χ2n) is 7.98. The minimum atomic E-state index is 0. The predicted molar refractivity (Wildman–Crippen MR) is 133 cm³/mol. The molecule has 1 fully saturated rings. The van der Waals surface area contributed by atoms with Crippen LogP contribution in [0.5, 0.6) is 0 Å². The third-order valence-corrected chi connectivity index (χ3v) is 5.86. The van der Waals surface area contributed by atoms with Crippen molar-refractivity contribution in [1.29, 1.82) is 0 Å². The number of guanidine groups is 1. The highest BCUT2D eigenvalue weighted by Crippen LogP contribution is 2.25. The second kappa shape index (κ2) is 11.1. The molecule has 7 nitrogen and oxygen atoms in total. The van der Waals surface area contributed by atoms with Crippen molar-refractivity contribution >= 4 is 29.9 Å². The van der Waals surface area contributed by atoms with Crippen LogP contribution in [0, 0.1) is 13.8 Å². The maximum Gasteiger partial charge on any atom is 0.191 e. The van der Waals surface area contributed by atoms with Crippen molar-refractivity contribution in [2.24, 2.45) is 4.99 Å². The van der Waals surface area contributed by atoms with E-state index in [1.54, 1.807) is 0 Å². The summed E-state index contributed by atoms with van der Waals surface area (Å²) >= 11 is 0. The Morgan fingerprint density at radius 2 is 1.90 bits per heavy atom. The summed E-state index contributed by atoms with van der Waals surface area (Å²) in [5.41, 5.74) is 4.51. The molecule has 1 saturated heterocycles. The molecule has 0 aliphatic carbocycles. The Morgan fingerprint density at radius 3 is 2.50 bits per heavy atom. The SMILES string of the molecule is CN=C(NCc1ccccc1-n1nc(C)cc1C)NCC1(N(C)C)CCOCC1.I. The molecule has 3 rings (SSSR count). The highest BCUT2D eigenvalue weighted by Gasteiger charge is 2.34. The smallest absolute Gasteiger partial charge is 0.191 e. The molecule has 0 amide bonds. The molecule has 8 heteroatoms. The summed E-state index contributed by atoms with van der Waals surface area (Å²) in [5, 5.41) is 11.6. The lowest BCUT2D eigenvalue weighted by atomic mass is 9.88. The molecule has 0 radical (unpaired) electrons. The van der Waals surface area contributed by atoms with Crippen LogP contribution in [0.2, 0.25) is 0 Å². The molecule has 166 valence electrons. The number of hydrogen-bond acceptors (Lipinski definition) is 4. The molecule has 0 saturated carbocycles. The van der Waals surface area contributed by atoms with Crippen LogP contribution in [0.25, 0.3) is 5.69 Å². The van der Waals surface area contributed by atoms with Crippen LogP contribution < -0.4 is 10.6 Å². The fraction of sp³-hybridized carbons (Fsp3) is 0.545. The van der Waals surface area contributed by atoms with E-state index in [0.717, 1.165) is 55.6 Å². The lowest BCUT2D eigenvalue weighted by Crippen LogP contribution is -2.57. The van der Waals surface area contributed by atoms with Crippen LogP contribution in [0.1, 0.15) is 29.8 Å². The minimum absolute atomic E-state index is 0. The quantitative estimate of drug-likeness (QED) is 0.345. The molecule has 2 aromatic rings. The summed E-state index contributed by atoms with van der Waals surface area (Å²) in [4.78, 5) is 6.74. The molecule has 0 spiro atoms. The number of hydrogen-bond donors (Lipinski definition) is 2. The Labute approximate surface area is 197 Å². The largest absolute Gasteiger partial charge is 0.381 e. The minimum Gasteiger partial charge on any atom is -0.381 e. The summed E-state index contributed by atoms with van der Waals surface area (Å²) in [5.74, 6) is 0.806. The Hall–Kier alpha value is -1.65. The third kappa shape index (κ3) is 5.73. The van der Waals surface area contributed by atoms with Crippen molar-refractivity contribution in [3.05, 3.63) is 47.3 Å². The molecular formula is C22H35IN6O. The summed E-state index contributed by atoms with van der Waals surface area (Å²) < 4.78 is 7.58. The normalized spacial score (nSPS) is 16.3. The van der Waals surface area contributed by atoms with Gasteiger partial charge in [-0.2, -0.15) is 5.10 Å². The van der Waals surface area contributed by atoms with Crippen LogP contribution in [-0.2, 0) is 11.3 Å². The van der Waals surface area contributed by atoms with Crippen molar-refractivity contribution in [2.75, 3.05) is 40.9 Å². The van der Waals surface area contributed by atoms with E-state index < -0.39 is 0 Å². The maximum absolute atomic E-state index is 5.57. The number of likely N-dealkylation sites (N-methyl/N-ethyl adjacent to an activating group) is 1. The topological polar surface area (TPSA) is 66.7 Å². The Kier molecular flexibility index (Phi) is 9.11. The zero-order valence-electron chi connectivity index (χ0n) is 18.7. The fourth-order valence-electron chi connectivity index (χ4n) is 3.92. The summed E-state index contributed by atoms with van der Waals surface area (Å²) in [6, 6.07) is 10.4. The molecular weight excluding hydrogens is 491 g/mol. The highest BCUT2D eigenvalue weighted by molar-refractivity contribution is 14.0. The summed E-state index contributed by atoms with van der Waals surface area (Å²) in [7, 11) is 6.11. The van der Waals surface area contributed by atoms with Gasteiger partial charge in [-0.25, -0.2) is 4.68 Å². The molecule has 0 unspecified atom stereocenters. The van der Waals surface area contributed by atoms with Crippen LogP contribution >= 0.6 is 24.0 Å². The van der Waals surface area contributed by atoms with E-state index in [0.29, 0.717) is 6.54 Å². The van der Waals surface area contributed by atoms with Gasteiger partial charge in [0, 0.05) is 44.6 Å². The standard InChI is InChI=1S/C22H34N6O.HI/c1-17-14-18(2)28(26-17)20-9-7-6-8-19(20)15-24-21(23-3)25-16-22(27(4)5)10-12-29-13-11-22;/h6-9,14H,10-13,15-16H2,1-5H3,(H2,23,24,25);1H. The van der Waals surface area contributed by atoms with Crippen molar-refractivity contribution in [3.63, 3.8) is 0 Å². The van der Waals surface area contributed by atoms with Gasteiger partial charge in [-0.3, -0.25) is 4.99 Å². The Bertz CT molecular complexity index is 842. The van der Waals surface area contributed by atoms with Crippen molar-refractivity contribution in [1.82, 2.24) is 25.3 Å². The van der Waals surface area contributed by atoms with Gasteiger partial charge in [-0.05, 0) is 58.5 Å². The number of aryl methyl sites for hydroxylation is 2. The first kappa shape index (κ1) is 24.6. The average molecular weight is 526 g/mol. The zero-order valence-corrected chi connectivity index (χ0v) is 21.1. The third-order valence-electron chi connectivity index (χ3n) is 5.86. The van der Waals surface area contributed by atoms with Crippen molar-refractivity contribution < 1.29 is 4.74 Å². The fourth-order valence-corrected chi connectivity index (χ4v) is 3.92. The number of nitrogens with one attached hydrogen (secondary N) is 2. The van der Waals surface area contributed by atoms with Gasteiger partial charge in [0.15, 0.2) is 5.96 Å². The van der Waals surface area contributed by atoms with Gasteiger partial charge in [0.05, 0.1) is 11.4 Å². The van der Waals surface area contributed by atoms with E-state index in [2.05, 4.69) is 70.9 Å². The van der Waals surface area contributed by atoms with Crippen LogP contribution in [0.4, 0.5) is 0 Å². The average Bonchev–Trinajstić information content (AvgIpc) is 3.06. The lowest BCUT2D eigenvalue weighted by Gasteiger charge is -2.43. The van der Waals surface area contributed by atoms with Crippen LogP contribution in [0.3, 0.4) is 0 Å². The lowest BCUT2D eigenvalue weighted by molar-refractivity contribution is -0.00501. The highest BCUT2D eigenvalue weighted by atomic mass is 127. The Balaban J connectivity index is 0.00000320. The molecule has 2 heterocycles. The molecule has 30 heavy (non-hydrogen) atoms. The first-order valence-corrected chi connectivity index (χ1v) is 10.3. The van der Waals surface area contributed by atoms with Gasteiger partial charge in [0.2, 0.25) is 0 Å². The number of aliphatic imine (C=N–C) groups is 1. The first-order chi connectivity index (χ1) is 13.9. The number of aromatic nitrogens is 2. The van der Waals surface area contributed by atoms with Crippen LogP contribution in [-0.4, -0.2) is 67.1 Å². The van der Waals surface area contributed by atoms with E-state index >= 15 is 0 Å². The van der Waals surface area contributed by atoms with E-state index in [-0.39, 0.29) is 29.5 Å². The zero-order chi connectivity index (χ0) is 20.9. The van der Waals surface area contributed by atoms with Gasteiger partial charge in [-0.15, -0.1) is 24.0 Å². The number of halogens is 1. The molecule has 1 aromatic heterocycles.